The summed E-state index contributed by atoms with van der Waals surface area (Å²) in [5.41, 5.74) is 4.18. The number of aryl methyl sites for hydroxylation is 2. The fraction of sp³-hybridized carbons (Fsp3) is 0.222. The van der Waals surface area contributed by atoms with Crippen molar-refractivity contribution in [3.05, 3.63) is 76.0 Å². The number of halogens is 4. The molecular formula is C27H23BrF3N5O4S. The first-order valence-corrected chi connectivity index (χ1v) is 14.6. The highest BCUT2D eigenvalue weighted by atomic mass is 79.9. The predicted molar refractivity (Wildman–Crippen MR) is 151 cm³/mol. The van der Waals surface area contributed by atoms with Gasteiger partial charge in [0.25, 0.3) is 5.91 Å². The number of sulfonamides is 1. The average molecular weight is 650 g/mol. The second-order valence-electron chi connectivity index (χ2n) is 9.37. The third-order valence-corrected chi connectivity index (χ3v) is 8.55. The van der Waals surface area contributed by atoms with E-state index >= 15 is 0 Å². The molecule has 5 rings (SSSR count). The van der Waals surface area contributed by atoms with Gasteiger partial charge in [0.2, 0.25) is 0 Å². The van der Waals surface area contributed by atoms with Gasteiger partial charge in [-0.05, 0) is 64.2 Å². The molecule has 0 bridgehead atoms. The van der Waals surface area contributed by atoms with Crippen molar-refractivity contribution in [2.45, 2.75) is 38.7 Å². The van der Waals surface area contributed by atoms with Gasteiger partial charge in [0.15, 0.2) is 5.65 Å². The van der Waals surface area contributed by atoms with E-state index in [4.69, 9.17) is 15.1 Å². The summed E-state index contributed by atoms with van der Waals surface area (Å²) in [6, 6.07) is 9.11. The molecule has 0 spiro atoms. The van der Waals surface area contributed by atoms with Crippen LogP contribution in [0.1, 0.15) is 40.8 Å². The van der Waals surface area contributed by atoms with E-state index in [-0.39, 0.29) is 23.5 Å². The molecule has 1 aromatic carbocycles. The lowest BCUT2D eigenvalue weighted by atomic mass is 10.0. The van der Waals surface area contributed by atoms with E-state index in [9.17, 15) is 26.4 Å². The Balaban J connectivity index is 1.77. The zero-order valence-corrected chi connectivity index (χ0v) is 24.1. The summed E-state index contributed by atoms with van der Waals surface area (Å²) in [6.45, 7) is 3.93. The number of para-hydroxylation sites is 1. The Hall–Kier alpha value is -3.91. The zero-order chi connectivity index (χ0) is 29.7. The number of hydrogen-bond acceptors (Lipinski definition) is 6. The standard InChI is InChI=1S/C27H23BrF3N5O4S/c1-3-6-21-34-24-14(2)11-20(25(32)37)33-26(24)36(21)12-17-15-9-10-40-13-18(15)23(28)22(17)16-7-4-5-8-19(16)35-41(38,39)27(29,30)31/h4-5,7-11,13,35H,3,6,12H2,1-2H3,(H2,32,37). The van der Waals surface area contributed by atoms with Gasteiger partial charge >= 0.3 is 15.5 Å². The maximum absolute atomic E-state index is 13.3. The Morgan fingerprint density at radius 1 is 1.15 bits per heavy atom. The minimum absolute atomic E-state index is 0.0682. The third kappa shape index (κ3) is 5.05. The number of nitrogens with one attached hydrogen (secondary N) is 1. The second kappa shape index (κ2) is 10.5. The topological polar surface area (TPSA) is 133 Å². The summed E-state index contributed by atoms with van der Waals surface area (Å²) in [6.07, 6.45) is 4.28. The van der Waals surface area contributed by atoms with Crippen LogP contribution in [-0.2, 0) is 23.0 Å². The number of aromatic nitrogens is 3. The van der Waals surface area contributed by atoms with Crippen molar-refractivity contribution < 1.29 is 30.8 Å². The van der Waals surface area contributed by atoms with E-state index < -0.39 is 21.4 Å². The van der Waals surface area contributed by atoms with Crippen molar-refractivity contribution in [1.82, 2.24) is 14.5 Å². The molecule has 0 fully saturated rings. The van der Waals surface area contributed by atoms with Gasteiger partial charge in [0.05, 0.1) is 24.8 Å². The minimum Gasteiger partial charge on any atom is -0.472 e. The van der Waals surface area contributed by atoms with Gasteiger partial charge in [-0.15, -0.1) is 0 Å². The number of amides is 1. The number of anilines is 1. The van der Waals surface area contributed by atoms with Gasteiger partial charge in [-0.2, -0.15) is 21.6 Å². The lowest BCUT2D eigenvalue weighted by Gasteiger charge is -2.16. The van der Waals surface area contributed by atoms with Crippen LogP contribution >= 0.6 is 15.9 Å². The number of alkyl halides is 3. The molecule has 9 nitrogen and oxygen atoms in total. The number of pyridine rings is 1. The van der Waals surface area contributed by atoms with Crippen molar-refractivity contribution >= 4 is 48.7 Å². The number of nitrogens with zero attached hydrogens (tertiary/aromatic N) is 3. The van der Waals surface area contributed by atoms with Crippen molar-refractivity contribution in [3.8, 4) is 22.3 Å². The number of primary amides is 1. The van der Waals surface area contributed by atoms with Crippen LogP contribution in [0, 0.1) is 6.92 Å². The van der Waals surface area contributed by atoms with Crippen molar-refractivity contribution in [3.63, 3.8) is 0 Å². The van der Waals surface area contributed by atoms with Crippen LogP contribution in [0.25, 0.3) is 33.4 Å². The molecule has 2 aliphatic rings. The molecule has 0 saturated heterocycles. The number of hydrogen-bond donors (Lipinski definition) is 2. The normalized spacial score (nSPS) is 12.3. The van der Waals surface area contributed by atoms with Gasteiger partial charge in [0, 0.05) is 27.6 Å². The molecule has 0 unspecified atom stereocenters. The largest absolute Gasteiger partial charge is 0.516 e. The Bertz CT molecular complexity index is 1880. The van der Waals surface area contributed by atoms with Gasteiger partial charge in [-0.25, -0.2) is 9.97 Å². The molecule has 41 heavy (non-hydrogen) atoms. The minimum atomic E-state index is -5.70. The SMILES string of the molecule is CCCc1nc2c(C)cc(C(N)=O)nc2n1Cc1c2ccocc-2c(Br)c1-c1ccccc1NS(=O)(=O)C(F)(F)F. The van der Waals surface area contributed by atoms with E-state index in [1.807, 2.05) is 11.5 Å². The number of imidazole rings is 1. The maximum atomic E-state index is 13.3. The molecule has 14 heteroatoms. The molecule has 0 saturated carbocycles. The van der Waals surface area contributed by atoms with Crippen LogP contribution in [0.5, 0.6) is 0 Å². The Labute approximate surface area is 241 Å². The fourth-order valence-electron chi connectivity index (χ4n) is 4.79. The van der Waals surface area contributed by atoms with Crippen molar-refractivity contribution in [1.29, 1.82) is 0 Å². The van der Waals surface area contributed by atoms with Crippen molar-refractivity contribution in [2.24, 2.45) is 5.73 Å². The lowest BCUT2D eigenvalue weighted by Crippen LogP contribution is -2.30. The quantitative estimate of drug-likeness (QED) is 0.205. The summed E-state index contributed by atoms with van der Waals surface area (Å²) >= 11 is 3.58. The summed E-state index contributed by atoms with van der Waals surface area (Å²) < 4.78 is 73.4. The van der Waals surface area contributed by atoms with Gasteiger partial charge in [-0.1, -0.05) is 25.1 Å². The molecule has 0 atom stereocenters. The number of carbonyl (C=O) groups is 1. The highest BCUT2D eigenvalue weighted by Crippen LogP contribution is 2.48. The van der Waals surface area contributed by atoms with Crippen LogP contribution in [0.4, 0.5) is 18.9 Å². The van der Waals surface area contributed by atoms with E-state index in [1.54, 1.807) is 29.8 Å². The molecule has 3 aromatic rings. The summed E-state index contributed by atoms with van der Waals surface area (Å²) in [5, 5.41) is 0. The van der Waals surface area contributed by atoms with Gasteiger partial charge in [0.1, 0.15) is 17.0 Å². The number of benzene rings is 1. The first-order valence-electron chi connectivity index (χ1n) is 12.3. The van der Waals surface area contributed by atoms with Crippen LogP contribution in [0.15, 0.2) is 57.8 Å². The van der Waals surface area contributed by atoms with E-state index in [2.05, 4.69) is 20.9 Å². The van der Waals surface area contributed by atoms with Crippen LogP contribution in [-0.4, -0.2) is 34.4 Å². The Morgan fingerprint density at radius 2 is 1.88 bits per heavy atom. The maximum Gasteiger partial charge on any atom is 0.516 e. The summed E-state index contributed by atoms with van der Waals surface area (Å²) in [4.78, 5) is 21.3. The van der Waals surface area contributed by atoms with Crippen LogP contribution in [0.3, 0.4) is 0 Å². The van der Waals surface area contributed by atoms with Gasteiger partial charge in [-0.3, -0.25) is 9.52 Å². The number of nitrogens with two attached hydrogens (primary N) is 1. The smallest absolute Gasteiger partial charge is 0.472 e. The highest BCUT2D eigenvalue weighted by Gasteiger charge is 2.46. The van der Waals surface area contributed by atoms with Crippen molar-refractivity contribution in [2.75, 3.05) is 4.72 Å². The molecule has 3 heterocycles. The van der Waals surface area contributed by atoms with Gasteiger partial charge < -0.3 is 14.7 Å². The second-order valence-corrected chi connectivity index (χ2v) is 11.8. The Morgan fingerprint density at radius 3 is 2.56 bits per heavy atom. The summed E-state index contributed by atoms with van der Waals surface area (Å²) in [7, 11) is -5.70. The third-order valence-electron chi connectivity index (χ3n) is 6.63. The zero-order valence-electron chi connectivity index (χ0n) is 21.7. The molecule has 1 aliphatic heterocycles. The molecular weight excluding hydrogens is 627 g/mol. The monoisotopic (exact) mass is 649 g/mol. The lowest BCUT2D eigenvalue weighted by molar-refractivity contribution is -0.0429. The number of fused-ring (bicyclic) bond motifs is 2. The number of carbonyl (C=O) groups excluding carboxylic acids is 1. The molecule has 214 valence electrons. The molecule has 1 aliphatic carbocycles. The predicted octanol–water partition coefficient (Wildman–Crippen LogP) is 6.23. The first-order chi connectivity index (χ1) is 19.3. The molecule has 1 amide bonds. The van der Waals surface area contributed by atoms with E-state index in [0.717, 1.165) is 6.42 Å². The molecule has 0 radical (unpaired) electrons. The molecule has 3 N–H and O–H groups in total. The van der Waals surface area contributed by atoms with E-state index in [0.29, 0.717) is 55.7 Å². The highest BCUT2D eigenvalue weighted by molar-refractivity contribution is 9.10. The fourth-order valence-corrected chi connectivity index (χ4v) is 6.14. The molecule has 2 aromatic heterocycles. The average Bonchev–Trinajstić information content (AvgIpc) is 3.39. The van der Waals surface area contributed by atoms with E-state index in [1.165, 1.54) is 30.7 Å². The van der Waals surface area contributed by atoms with Crippen LogP contribution < -0.4 is 10.5 Å². The Kier molecular flexibility index (Phi) is 7.32. The van der Waals surface area contributed by atoms with Crippen LogP contribution in [0.2, 0.25) is 0 Å². The summed E-state index contributed by atoms with van der Waals surface area (Å²) in [5.74, 6) is -0.0164. The first kappa shape index (κ1) is 28.6. The number of rotatable bonds is 8.